The van der Waals surface area contributed by atoms with Gasteiger partial charge in [0.25, 0.3) is 0 Å². The van der Waals surface area contributed by atoms with E-state index in [4.69, 9.17) is 10.2 Å². The Balaban J connectivity index is 3.81. The van der Waals surface area contributed by atoms with Crippen LogP contribution in [0.1, 0.15) is 33.1 Å². The molecular weight excluding hydrogens is 144 g/mol. The molecule has 0 saturated carbocycles. The molecule has 0 heterocycles. The molecule has 3 N–H and O–H groups in total. The zero-order valence-electron chi connectivity index (χ0n) is 7.20. The van der Waals surface area contributed by atoms with Gasteiger partial charge in [0, 0.05) is 5.92 Å². The molecule has 0 aromatic carbocycles. The van der Waals surface area contributed by atoms with E-state index in [2.05, 4.69) is 0 Å². The molecule has 0 fully saturated rings. The third-order valence-electron chi connectivity index (χ3n) is 1.93. The topological polar surface area (TPSA) is 60.7 Å². The maximum Gasteiger partial charge on any atom is 0.156 e. The number of rotatable bonds is 5. The highest BCUT2D eigenvalue weighted by molar-refractivity contribution is 4.68. The minimum Gasteiger partial charge on any atom is -0.393 e. The Hall–Kier alpha value is -0.120. The van der Waals surface area contributed by atoms with Gasteiger partial charge in [-0.25, -0.2) is 0 Å². The second-order valence-corrected chi connectivity index (χ2v) is 2.84. The second-order valence-electron chi connectivity index (χ2n) is 2.84. The third-order valence-corrected chi connectivity index (χ3v) is 1.93. The summed E-state index contributed by atoms with van der Waals surface area (Å²) in [6, 6.07) is 0. The van der Waals surface area contributed by atoms with Gasteiger partial charge in [0.05, 0.1) is 6.10 Å². The standard InChI is InChI=1S/C8H18O3/c1-3-5-7(9)6(4-2)8(10)11/h6-11H,3-5H2,1-2H3. The largest absolute Gasteiger partial charge is 0.393 e. The summed E-state index contributed by atoms with van der Waals surface area (Å²) in [5.41, 5.74) is 0. The van der Waals surface area contributed by atoms with E-state index in [0.29, 0.717) is 12.8 Å². The summed E-state index contributed by atoms with van der Waals surface area (Å²) in [6.07, 6.45) is 0.130. The van der Waals surface area contributed by atoms with Crippen molar-refractivity contribution in [2.45, 2.75) is 45.5 Å². The molecule has 0 aliphatic carbocycles. The summed E-state index contributed by atoms with van der Waals surface area (Å²) in [6.45, 7) is 3.79. The minimum absolute atomic E-state index is 0.394. The van der Waals surface area contributed by atoms with Crippen molar-refractivity contribution in [3.05, 3.63) is 0 Å². The third kappa shape index (κ3) is 3.70. The molecule has 0 rings (SSSR count). The smallest absolute Gasteiger partial charge is 0.156 e. The lowest BCUT2D eigenvalue weighted by molar-refractivity contribution is -0.120. The molecule has 0 aliphatic rings. The van der Waals surface area contributed by atoms with Gasteiger partial charge in [0.15, 0.2) is 6.29 Å². The predicted molar refractivity (Wildman–Crippen MR) is 42.9 cm³/mol. The van der Waals surface area contributed by atoms with Gasteiger partial charge in [0.2, 0.25) is 0 Å². The zero-order valence-corrected chi connectivity index (χ0v) is 7.20. The summed E-state index contributed by atoms with van der Waals surface area (Å²) in [4.78, 5) is 0. The summed E-state index contributed by atoms with van der Waals surface area (Å²) in [7, 11) is 0. The molecule has 68 valence electrons. The highest BCUT2D eigenvalue weighted by Crippen LogP contribution is 2.16. The molecular formula is C8H18O3. The van der Waals surface area contributed by atoms with Crippen LogP contribution in [0.2, 0.25) is 0 Å². The zero-order chi connectivity index (χ0) is 8.85. The van der Waals surface area contributed by atoms with Crippen LogP contribution in [0.5, 0.6) is 0 Å². The average Bonchev–Trinajstić information content (AvgIpc) is 1.88. The first-order chi connectivity index (χ1) is 5.13. The molecule has 0 bridgehead atoms. The quantitative estimate of drug-likeness (QED) is 0.515. The van der Waals surface area contributed by atoms with Gasteiger partial charge in [-0.3, -0.25) is 0 Å². The van der Waals surface area contributed by atoms with Crippen molar-refractivity contribution in [1.29, 1.82) is 0 Å². The van der Waals surface area contributed by atoms with Crippen LogP contribution >= 0.6 is 0 Å². The first-order valence-electron chi connectivity index (χ1n) is 4.17. The summed E-state index contributed by atoms with van der Waals surface area (Å²) >= 11 is 0. The number of aliphatic hydroxyl groups excluding tert-OH is 2. The molecule has 0 aliphatic heterocycles. The van der Waals surface area contributed by atoms with Crippen molar-refractivity contribution in [2.24, 2.45) is 5.92 Å². The van der Waals surface area contributed by atoms with Gasteiger partial charge in [-0.15, -0.1) is 0 Å². The van der Waals surface area contributed by atoms with Crippen LogP contribution in [0.15, 0.2) is 0 Å². The van der Waals surface area contributed by atoms with E-state index in [-0.39, 0.29) is 0 Å². The lowest BCUT2D eigenvalue weighted by Gasteiger charge is -2.22. The van der Waals surface area contributed by atoms with Gasteiger partial charge in [-0.2, -0.15) is 0 Å². The van der Waals surface area contributed by atoms with Gasteiger partial charge in [-0.1, -0.05) is 20.3 Å². The Morgan fingerprint density at radius 1 is 1.09 bits per heavy atom. The van der Waals surface area contributed by atoms with Gasteiger partial charge in [-0.05, 0) is 12.8 Å². The number of hydrogen-bond acceptors (Lipinski definition) is 3. The van der Waals surface area contributed by atoms with Gasteiger partial charge >= 0.3 is 0 Å². The van der Waals surface area contributed by atoms with E-state index < -0.39 is 18.3 Å². The van der Waals surface area contributed by atoms with E-state index in [9.17, 15) is 5.11 Å². The molecule has 0 aromatic rings. The van der Waals surface area contributed by atoms with Crippen molar-refractivity contribution in [3.63, 3.8) is 0 Å². The molecule has 11 heavy (non-hydrogen) atoms. The van der Waals surface area contributed by atoms with Crippen LogP contribution in [-0.4, -0.2) is 27.7 Å². The SMILES string of the molecule is CCCC(O)C(CC)C(O)O. The van der Waals surface area contributed by atoms with E-state index in [0.717, 1.165) is 6.42 Å². The molecule has 0 spiro atoms. The number of hydrogen-bond donors (Lipinski definition) is 3. The van der Waals surface area contributed by atoms with Crippen LogP contribution in [-0.2, 0) is 0 Å². The van der Waals surface area contributed by atoms with E-state index in [1.54, 1.807) is 0 Å². The summed E-state index contributed by atoms with van der Waals surface area (Å²) in [5, 5.41) is 27.0. The first-order valence-corrected chi connectivity index (χ1v) is 4.17. The predicted octanol–water partition coefficient (Wildman–Crippen LogP) is 0.484. The Labute approximate surface area is 67.7 Å². The van der Waals surface area contributed by atoms with Crippen LogP contribution in [0.25, 0.3) is 0 Å². The minimum atomic E-state index is -1.39. The second kappa shape index (κ2) is 5.52. The van der Waals surface area contributed by atoms with Crippen LogP contribution in [0.3, 0.4) is 0 Å². The number of aliphatic hydroxyl groups is 3. The van der Waals surface area contributed by atoms with Crippen LogP contribution in [0, 0.1) is 5.92 Å². The fourth-order valence-corrected chi connectivity index (χ4v) is 1.19. The normalized spacial score (nSPS) is 16.9. The van der Waals surface area contributed by atoms with E-state index in [1.165, 1.54) is 0 Å². The van der Waals surface area contributed by atoms with E-state index >= 15 is 0 Å². The Morgan fingerprint density at radius 3 is 1.91 bits per heavy atom. The molecule has 2 atom stereocenters. The molecule has 0 saturated heterocycles. The van der Waals surface area contributed by atoms with E-state index in [1.807, 2.05) is 13.8 Å². The van der Waals surface area contributed by atoms with Crippen LogP contribution in [0.4, 0.5) is 0 Å². The Kier molecular flexibility index (Phi) is 5.46. The molecule has 0 radical (unpaired) electrons. The van der Waals surface area contributed by atoms with Crippen molar-refractivity contribution in [2.75, 3.05) is 0 Å². The summed E-state index contributed by atoms with van der Waals surface area (Å²) in [5.74, 6) is -0.394. The maximum atomic E-state index is 9.36. The molecule has 3 heteroatoms. The Bertz CT molecular complexity index is 93.3. The monoisotopic (exact) mass is 162 g/mol. The van der Waals surface area contributed by atoms with Crippen molar-refractivity contribution in [3.8, 4) is 0 Å². The summed E-state index contributed by atoms with van der Waals surface area (Å²) < 4.78 is 0. The van der Waals surface area contributed by atoms with Crippen molar-refractivity contribution in [1.82, 2.24) is 0 Å². The Morgan fingerprint density at radius 2 is 1.64 bits per heavy atom. The lowest BCUT2D eigenvalue weighted by Crippen LogP contribution is -2.30. The molecule has 0 aromatic heterocycles. The fourth-order valence-electron chi connectivity index (χ4n) is 1.19. The van der Waals surface area contributed by atoms with Crippen molar-refractivity contribution >= 4 is 0 Å². The van der Waals surface area contributed by atoms with Crippen LogP contribution < -0.4 is 0 Å². The highest BCUT2D eigenvalue weighted by atomic mass is 16.5. The van der Waals surface area contributed by atoms with Gasteiger partial charge < -0.3 is 15.3 Å². The maximum absolute atomic E-state index is 9.36. The molecule has 0 amide bonds. The van der Waals surface area contributed by atoms with Crippen molar-refractivity contribution < 1.29 is 15.3 Å². The fraction of sp³-hybridized carbons (Fsp3) is 1.00. The highest BCUT2D eigenvalue weighted by Gasteiger charge is 2.22. The average molecular weight is 162 g/mol. The molecule has 3 nitrogen and oxygen atoms in total. The lowest BCUT2D eigenvalue weighted by atomic mass is 9.95. The first kappa shape index (κ1) is 10.9. The molecule has 2 unspecified atom stereocenters. The van der Waals surface area contributed by atoms with Gasteiger partial charge in [0.1, 0.15) is 0 Å².